The van der Waals surface area contributed by atoms with Gasteiger partial charge in [-0.2, -0.15) is 15.3 Å². The van der Waals surface area contributed by atoms with Crippen LogP contribution in [0.15, 0.2) is 35.0 Å². The first-order valence-electron chi connectivity index (χ1n) is 5.35. The molecule has 0 atom stereocenters. The van der Waals surface area contributed by atoms with Crippen LogP contribution in [-0.2, 0) is 0 Å². The van der Waals surface area contributed by atoms with Crippen molar-refractivity contribution in [1.82, 2.24) is 20.3 Å². The summed E-state index contributed by atoms with van der Waals surface area (Å²) in [6.45, 7) is 0. The van der Waals surface area contributed by atoms with Crippen LogP contribution in [0.5, 0.6) is 5.75 Å². The first kappa shape index (κ1) is 11.0. The van der Waals surface area contributed by atoms with Gasteiger partial charge < -0.3 is 9.63 Å². The number of nitriles is 1. The number of aromatic hydroxyl groups is 1. The van der Waals surface area contributed by atoms with Gasteiger partial charge in [0.25, 0.3) is 5.89 Å². The maximum Gasteiger partial charge on any atom is 0.262 e. The van der Waals surface area contributed by atoms with Gasteiger partial charge in [0.2, 0.25) is 5.82 Å². The highest BCUT2D eigenvalue weighted by atomic mass is 16.5. The number of nitrogens with zero attached hydrogens (tertiary/aromatic N) is 4. The minimum atomic E-state index is 0.116. The van der Waals surface area contributed by atoms with Gasteiger partial charge in [0.15, 0.2) is 0 Å². The average Bonchev–Trinajstić information content (AvgIpc) is 3.07. The van der Waals surface area contributed by atoms with E-state index in [1.54, 1.807) is 18.2 Å². The van der Waals surface area contributed by atoms with Crippen molar-refractivity contribution in [1.29, 1.82) is 5.26 Å². The summed E-state index contributed by atoms with van der Waals surface area (Å²) in [6.07, 6.45) is 1.44. The molecule has 3 aromatic rings. The molecule has 0 aliphatic carbocycles. The van der Waals surface area contributed by atoms with E-state index in [4.69, 9.17) is 9.78 Å². The van der Waals surface area contributed by atoms with Crippen LogP contribution >= 0.6 is 0 Å². The van der Waals surface area contributed by atoms with Crippen LogP contribution in [0.1, 0.15) is 5.69 Å². The second kappa shape index (κ2) is 4.27. The highest BCUT2D eigenvalue weighted by Gasteiger charge is 2.15. The Bertz CT molecular complexity index is 768. The van der Waals surface area contributed by atoms with E-state index in [0.29, 0.717) is 17.0 Å². The van der Waals surface area contributed by atoms with E-state index in [9.17, 15) is 5.11 Å². The van der Waals surface area contributed by atoms with Crippen LogP contribution in [-0.4, -0.2) is 25.4 Å². The lowest BCUT2D eigenvalue weighted by Crippen LogP contribution is -1.82. The number of H-pyrrole nitrogens is 1. The molecule has 0 bridgehead atoms. The van der Waals surface area contributed by atoms with Crippen molar-refractivity contribution in [3.8, 4) is 34.7 Å². The maximum absolute atomic E-state index is 9.40. The minimum Gasteiger partial charge on any atom is -0.508 e. The molecule has 7 nitrogen and oxygen atoms in total. The van der Waals surface area contributed by atoms with Gasteiger partial charge in [-0.3, -0.25) is 5.10 Å². The molecule has 92 valence electrons. The smallest absolute Gasteiger partial charge is 0.262 e. The fourth-order valence-corrected chi connectivity index (χ4v) is 1.63. The van der Waals surface area contributed by atoms with Crippen LogP contribution < -0.4 is 0 Å². The Morgan fingerprint density at radius 1 is 1.37 bits per heavy atom. The van der Waals surface area contributed by atoms with E-state index in [2.05, 4.69) is 20.3 Å². The SMILES string of the molecule is N#Cc1[nH]ncc1-c1nc(-c2cccc(O)c2)no1. The minimum absolute atomic E-state index is 0.116. The van der Waals surface area contributed by atoms with E-state index in [0.717, 1.165) is 0 Å². The molecule has 0 amide bonds. The van der Waals surface area contributed by atoms with E-state index in [1.807, 2.05) is 6.07 Å². The summed E-state index contributed by atoms with van der Waals surface area (Å²) >= 11 is 0. The lowest BCUT2D eigenvalue weighted by molar-refractivity contribution is 0.432. The lowest BCUT2D eigenvalue weighted by Gasteiger charge is -1.94. The maximum atomic E-state index is 9.40. The standard InChI is InChI=1S/C12H7N5O2/c13-5-10-9(6-14-16-10)12-15-11(17-19-12)7-2-1-3-8(18)4-7/h1-4,6,18H,(H,14,16). The summed E-state index contributed by atoms with van der Waals surface area (Å²) in [6, 6.07) is 8.44. The van der Waals surface area contributed by atoms with Crippen LogP contribution in [0.2, 0.25) is 0 Å². The van der Waals surface area contributed by atoms with Crippen molar-refractivity contribution in [3.63, 3.8) is 0 Å². The molecule has 0 spiro atoms. The monoisotopic (exact) mass is 253 g/mol. The molecule has 0 saturated carbocycles. The third kappa shape index (κ3) is 1.91. The van der Waals surface area contributed by atoms with Crippen LogP contribution in [0, 0.1) is 11.3 Å². The van der Waals surface area contributed by atoms with E-state index in [-0.39, 0.29) is 17.3 Å². The van der Waals surface area contributed by atoms with E-state index >= 15 is 0 Å². The summed E-state index contributed by atoms with van der Waals surface area (Å²) in [4.78, 5) is 4.17. The molecular formula is C12H7N5O2. The number of phenols is 1. The molecule has 0 saturated heterocycles. The summed E-state index contributed by atoms with van der Waals surface area (Å²) in [7, 11) is 0. The first-order valence-corrected chi connectivity index (χ1v) is 5.35. The van der Waals surface area contributed by atoms with Crippen molar-refractivity contribution in [3.05, 3.63) is 36.2 Å². The Morgan fingerprint density at radius 2 is 2.26 bits per heavy atom. The summed E-state index contributed by atoms with van der Waals surface area (Å²) in [5.74, 6) is 0.643. The molecule has 0 unspecified atom stereocenters. The van der Waals surface area contributed by atoms with Gasteiger partial charge in [-0.1, -0.05) is 17.3 Å². The van der Waals surface area contributed by atoms with Crippen molar-refractivity contribution >= 4 is 0 Å². The van der Waals surface area contributed by atoms with E-state index < -0.39 is 0 Å². The molecule has 0 aliphatic rings. The molecule has 7 heteroatoms. The quantitative estimate of drug-likeness (QED) is 0.718. The number of aromatic amines is 1. The van der Waals surface area contributed by atoms with Crippen molar-refractivity contribution in [2.24, 2.45) is 0 Å². The van der Waals surface area contributed by atoms with Crippen LogP contribution in [0.25, 0.3) is 22.8 Å². The number of benzene rings is 1. The third-order valence-corrected chi connectivity index (χ3v) is 2.51. The molecular weight excluding hydrogens is 246 g/mol. The van der Waals surface area contributed by atoms with Gasteiger partial charge in [-0.15, -0.1) is 0 Å². The molecule has 3 rings (SSSR count). The largest absolute Gasteiger partial charge is 0.508 e. The Labute approximate surface area is 107 Å². The molecule has 0 fully saturated rings. The van der Waals surface area contributed by atoms with Gasteiger partial charge in [0.1, 0.15) is 17.5 Å². The predicted octanol–water partition coefficient (Wildman–Crippen LogP) is 1.70. The number of phenolic OH excluding ortho intramolecular Hbond substituents is 1. The fourth-order valence-electron chi connectivity index (χ4n) is 1.63. The average molecular weight is 253 g/mol. The Balaban J connectivity index is 2.03. The number of hydrogen-bond acceptors (Lipinski definition) is 6. The fraction of sp³-hybridized carbons (Fsp3) is 0. The molecule has 2 N–H and O–H groups in total. The van der Waals surface area contributed by atoms with Gasteiger partial charge in [0.05, 0.1) is 11.8 Å². The number of nitrogens with one attached hydrogen (secondary N) is 1. The second-order valence-electron chi connectivity index (χ2n) is 3.74. The first-order chi connectivity index (χ1) is 9.28. The number of hydrogen-bond donors (Lipinski definition) is 2. The summed E-state index contributed by atoms with van der Waals surface area (Å²) < 4.78 is 5.09. The van der Waals surface area contributed by atoms with Gasteiger partial charge in [0, 0.05) is 5.56 Å². The molecule has 2 heterocycles. The van der Waals surface area contributed by atoms with Gasteiger partial charge >= 0.3 is 0 Å². The van der Waals surface area contributed by atoms with Crippen molar-refractivity contribution in [2.45, 2.75) is 0 Å². The van der Waals surface area contributed by atoms with Crippen LogP contribution in [0.3, 0.4) is 0 Å². The molecule has 2 aromatic heterocycles. The molecule has 1 aromatic carbocycles. The number of aromatic nitrogens is 4. The highest BCUT2D eigenvalue weighted by Crippen LogP contribution is 2.25. The highest BCUT2D eigenvalue weighted by molar-refractivity contribution is 5.63. The second-order valence-corrected chi connectivity index (χ2v) is 3.74. The zero-order chi connectivity index (χ0) is 13.2. The summed E-state index contributed by atoms with van der Waals surface area (Å²) in [5, 5.41) is 28.4. The third-order valence-electron chi connectivity index (χ3n) is 2.51. The van der Waals surface area contributed by atoms with E-state index in [1.165, 1.54) is 12.3 Å². The van der Waals surface area contributed by atoms with Gasteiger partial charge in [-0.25, -0.2) is 0 Å². The predicted molar refractivity (Wildman–Crippen MR) is 63.7 cm³/mol. The van der Waals surface area contributed by atoms with Crippen LogP contribution in [0.4, 0.5) is 0 Å². The van der Waals surface area contributed by atoms with Crippen molar-refractivity contribution < 1.29 is 9.63 Å². The van der Waals surface area contributed by atoms with Crippen molar-refractivity contribution in [2.75, 3.05) is 0 Å². The normalized spacial score (nSPS) is 10.3. The zero-order valence-corrected chi connectivity index (χ0v) is 9.53. The summed E-state index contributed by atoms with van der Waals surface area (Å²) in [5.41, 5.74) is 1.32. The molecule has 0 radical (unpaired) electrons. The zero-order valence-electron chi connectivity index (χ0n) is 9.53. The molecule has 0 aliphatic heterocycles. The Morgan fingerprint density at radius 3 is 3.05 bits per heavy atom. The van der Waals surface area contributed by atoms with Gasteiger partial charge in [-0.05, 0) is 12.1 Å². The molecule has 19 heavy (non-hydrogen) atoms. The number of rotatable bonds is 2. The Kier molecular flexibility index (Phi) is 2.47. The Hall–Kier alpha value is -3.14. The lowest BCUT2D eigenvalue weighted by atomic mass is 10.2. The topological polar surface area (TPSA) is 112 Å².